The Hall–Kier alpha value is -1.67. The molecule has 0 bridgehead atoms. The largest absolute Gasteiger partial charge is 0.313 e. The predicted octanol–water partition coefficient (Wildman–Crippen LogP) is 3.56. The monoisotopic (exact) mass is 240 g/mol. The van der Waals surface area contributed by atoms with E-state index in [1.807, 2.05) is 12.4 Å². The van der Waals surface area contributed by atoms with E-state index in [1.165, 1.54) is 22.3 Å². The number of hydrogen-bond donors (Lipinski definition) is 1. The molecule has 1 heterocycles. The van der Waals surface area contributed by atoms with Crippen molar-refractivity contribution in [1.29, 1.82) is 0 Å². The highest BCUT2D eigenvalue weighted by molar-refractivity contribution is 5.66. The molecule has 2 aromatic rings. The summed E-state index contributed by atoms with van der Waals surface area (Å²) in [4.78, 5) is 4.28. The van der Waals surface area contributed by atoms with Crippen molar-refractivity contribution in [3.8, 4) is 11.1 Å². The lowest BCUT2D eigenvalue weighted by molar-refractivity contribution is 0.676. The number of aromatic nitrogens is 1. The molecule has 0 saturated carbocycles. The molecule has 2 nitrogen and oxygen atoms in total. The lowest BCUT2D eigenvalue weighted by Crippen LogP contribution is -2.14. The molecule has 1 aromatic carbocycles. The topological polar surface area (TPSA) is 24.9 Å². The van der Waals surface area contributed by atoms with Gasteiger partial charge in [-0.25, -0.2) is 0 Å². The Labute approximate surface area is 109 Å². The Balaban J connectivity index is 2.27. The van der Waals surface area contributed by atoms with Crippen LogP contribution >= 0.6 is 0 Å². The van der Waals surface area contributed by atoms with Crippen molar-refractivity contribution in [2.75, 3.05) is 6.54 Å². The molecule has 1 N–H and O–H groups in total. The Kier molecular flexibility index (Phi) is 4.48. The minimum absolute atomic E-state index is 0.915. The van der Waals surface area contributed by atoms with Gasteiger partial charge in [0.15, 0.2) is 0 Å². The van der Waals surface area contributed by atoms with Gasteiger partial charge in [-0.2, -0.15) is 0 Å². The molecule has 0 aliphatic carbocycles. The summed E-state index contributed by atoms with van der Waals surface area (Å²) in [7, 11) is 0. The van der Waals surface area contributed by atoms with Gasteiger partial charge in [-0.15, -0.1) is 0 Å². The highest BCUT2D eigenvalue weighted by atomic mass is 14.8. The van der Waals surface area contributed by atoms with Crippen LogP contribution in [0, 0.1) is 6.92 Å². The van der Waals surface area contributed by atoms with Crippen LogP contribution in [-0.2, 0) is 6.54 Å². The fourth-order valence-electron chi connectivity index (χ4n) is 2.06. The van der Waals surface area contributed by atoms with E-state index in [9.17, 15) is 0 Å². The zero-order chi connectivity index (χ0) is 12.8. The Morgan fingerprint density at radius 2 is 2.00 bits per heavy atom. The normalized spacial score (nSPS) is 10.6. The molecule has 0 aliphatic heterocycles. The van der Waals surface area contributed by atoms with E-state index in [-0.39, 0.29) is 0 Å². The number of benzene rings is 1. The van der Waals surface area contributed by atoms with Crippen LogP contribution in [0.1, 0.15) is 24.5 Å². The summed E-state index contributed by atoms with van der Waals surface area (Å²) < 4.78 is 0. The molecule has 0 saturated heterocycles. The third-order valence-corrected chi connectivity index (χ3v) is 2.95. The van der Waals surface area contributed by atoms with Crippen LogP contribution in [0.4, 0.5) is 0 Å². The average molecular weight is 240 g/mol. The molecule has 0 fully saturated rings. The number of nitrogens with zero attached hydrogens (tertiary/aromatic N) is 1. The summed E-state index contributed by atoms with van der Waals surface area (Å²) in [6.45, 7) is 6.23. The first-order valence-electron chi connectivity index (χ1n) is 6.52. The first-order valence-corrected chi connectivity index (χ1v) is 6.52. The van der Waals surface area contributed by atoms with Gasteiger partial charge in [0, 0.05) is 24.5 Å². The summed E-state index contributed by atoms with van der Waals surface area (Å²) in [5, 5.41) is 3.46. The van der Waals surface area contributed by atoms with Gasteiger partial charge in [-0.1, -0.05) is 31.2 Å². The van der Waals surface area contributed by atoms with Crippen LogP contribution in [0.3, 0.4) is 0 Å². The molecule has 94 valence electrons. The van der Waals surface area contributed by atoms with Gasteiger partial charge >= 0.3 is 0 Å². The van der Waals surface area contributed by atoms with Crippen molar-refractivity contribution in [3.63, 3.8) is 0 Å². The van der Waals surface area contributed by atoms with Crippen molar-refractivity contribution in [1.82, 2.24) is 10.3 Å². The second-order valence-electron chi connectivity index (χ2n) is 4.58. The maximum Gasteiger partial charge on any atom is 0.0346 e. The van der Waals surface area contributed by atoms with Gasteiger partial charge in [0.2, 0.25) is 0 Å². The lowest BCUT2D eigenvalue weighted by atomic mass is 10.0. The zero-order valence-electron chi connectivity index (χ0n) is 11.1. The highest BCUT2D eigenvalue weighted by Crippen LogP contribution is 2.23. The molecular weight excluding hydrogens is 220 g/mol. The van der Waals surface area contributed by atoms with Gasteiger partial charge in [0.05, 0.1) is 0 Å². The summed E-state index contributed by atoms with van der Waals surface area (Å²) in [6.07, 6.45) is 4.99. The smallest absolute Gasteiger partial charge is 0.0346 e. The second-order valence-corrected chi connectivity index (χ2v) is 4.58. The highest BCUT2D eigenvalue weighted by Gasteiger charge is 2.04. The third-order valence-electron chi connectivity index (χ3n) is 2.95. The van der Waals surface area contributed by atoms with Gasteiger partial charge in [0.1, 0.15) is 0 Å². The van der Waals surface area contributed by atoms with Crippen LogP contribution in [-0.4, -0.2) is 11.5 Å². The first kappa shape index (κ1) is 12.8. The third kappa shape index (κ3) is 3.17. The second kappa shape index (κ2) is 6.31. The summed E-state index contributed by atoms with van der Waals surface area (Å²) in [5.41, 5.74) is 5.00. The van der Waals surface area contributed by atoms with Gasteiger partial charge in [0.25, 0.3) is 0 Å². The van der Waals surface area contributed by atoms with Crippen LogP contribution in [0.15, 0.2) is 42.7 Å². The molecule has 2 heteroatoms. The zero-order valence-corrected chi connectivity index (χ0v) is 11.1. The number of hydrogen-bond acceptors (Lipinski definition) is 2. The Bertz CT molecular complexity index is 506. The molecule has 0 aliphatic rings. The number of rotatable bonds is 5. The van der Waals surface area contributed by atoms with E-state index in [0.717, 1.165) is 19.5 Å². The van der Waals surface area contributed by atoms with Crippen molar-refractivity contribution < 1.29 is 0 Å². The molecule has 2 rings (SSSR count). The predicted molar refractivity (Wildman–Crippen MR) is 76.4 cm³/mol. The minimum Gasteiger partial charge on any atom is -0.313 e. The number of pyridine rings is 1. The van der Waals surface area contributed by atoms with Crippen LogP contribution in [0.2, 0.25) is 0 Å². The maximum absolute atomic E-state index is 4.28. The molecule has 0 spiro atoms. The van der Waals surface area contributed by atoms with Crippen LogP contribution < -0.4 is 5.32 Å². The molecule has 0 radical (unpaired) electrons. The van der Waals surface area contributed by atoms with E-state index in [2.05, 4.69) is 54.5 Å². The fraction of sp³-hybridized carbons (Fsp3) is 0.312. The fourth-order valence-corrected chi connectivity index (χ4v) is 2.06. The number of aryl methyl sites for hydroxylation is 1. The standard InChI is InChI=1S/C16H20N2/c1-3-8-17-11-14-6-4-5-7-16(14)15-9-13(2)10-18-12-15/h4-7,9-10,12,17H,3,8,11H2,1-2H3. The molecule has 0 amide bonds. The molecular formula is C16H20N2. The summed E-state index contributed by atoms with van der Waals surface area (Å²) in [5.74, 6) is 0. The Morgan fingerprint density at radius 3 is 2.78 bits per heavy atom. The SMILES string of the molecule is CCCNCc1ccccc1-c1cncc(C)c1. The van der Waals surface area contributed by atoms with Gasteiger partial charge in [-0.3, -0.25) is 4.98 Å². The molecule has 1 aromatic heterocycles. The van der Waals surface area contributed by atoms with Crippen LogP contribution in [0.25, 0.3) is 11.1 Å². The lowest BCUT2D eigenvalue weighted by Gasteiger charge is -2.10. The molecule has 0 atom stereocenters. The maximum atomic E-state index is 4.28. The van der Waals surface area contributed by atoms with Gasteiger partial charge in [-0.05, 0) is 42.6 Å². The van der Waals surface area contributed by atoms with E-state index in [4.69, 9.17) is 0 Å². The van der Waals surface area contributed by atoms with Crippen molar-refractivity contribution in [2.24, 2.45) is 0 Å². The quantitative estimate of drug-likeness (QED) is 0.808. The average Bonchev–Trinajstić information content (AvgIpc) is 2.40. The van der Waals surface area contributed by atoms with E-state index in [1.54, 1.807) is 0 Å². The molecule has 0 unspecified atom stereocenters. The minimum atomic E-state index is 0.915. The van der Waals surface area contributed by atoms with Gasteiger partial charge < -0.3 is 5.32 Å². The van der Waals surface area contributed by atoms with E-state index < -0.39 is 0 Å². The summed E-state index contributed by atoms with van der Waals surface area (Å²) >= 11 is 0. The first-order chi connectivity index (χ1) is 8.81. The summed E-state index contributed by atoms with van der Waals surface area (Å²) in [6, 6.07) is 10.7. The Morgan fingerprint density at radius 1 is 1.17 bits per heavy atom. The van der Waals surface area contributed by atoms with Crippen LogP contribution in [0.5, 0.6) is 0 Å². The van der Waals surface area contributed by atoms with Crippen molar-refractivity contribution >= 4 is 0 Å². The van der Waals surface area contributed by atoms with E-state index >= 15 is 0 Å². The van der Waals surface area contributed by atoms with Crippen molar-refractivity contribution in [3.05, 3.63) is 53.9 Å². The molecule has 18 heavy (non-hydrogen) atoms. The van der Waals surface area contributed by atoms with Crippen molar-refractivity contribution in [2.45, 2.75) is 26.8 Å². The number of nitrogens with one attached hydrogen (secondary N) is 1. The van der Waals surface area contributed by atoms with E-state index in [0.29, 0.717) is 0 Å².